The minimum absolute atomic E-state index is 0.0747. The molecule has 0 atom stereocenters. The van der Waals surface area contributed by atoms with E-state index in [4.69, 9.17) is 11.6 Å². The lowest BCUT2D eigenvalue weighted by atomic mass is 10.1. The van der Waals surface area contributed by atoms with Crippen LogP contribution in [0.15, 0.2) is 12.1 Å². The van der Waals surface area contributed by atoms with Crippen molar-refractivity contribution in [2.75, 3.05) is 19.0 Å². The molecule has 0 unspecified atom stereocenters. The number of phenols is 1. The molecule has 0 aliphatic carbocycles. The molecule has 0 saturated carbocycles. The van der Waals surface area contributed by atoms with Crippen LogP contribution in [0.2, 0.25) is 5.02 Å². The number of rotatable bonds is 3. The molecule has 0 bridgehead atoms. The maximum atomic E-state index is 9.58. The van der Waals surface area contributed by atoms with Gasteiger partial charge in [-0.3, -0.25) is 0 Å². The molecule has 2 rings (SSSR count). The maximum absolute atomic E-state index is 9.58. The van der Waals surface area contributed by atoms with Crippen LogP contribution in [-0.4, -0.2) is 34.0 Å². The van der Waals surface area contributed by atoms with Gasteiger partial charge < -0.3 is 10.0 Å². The van der Waals surface area contributed by atoms with E-state index in [9.17, 15) is 5.11 Å². The largest absolute Gasteiger partial charge is 0.506 e. The Balaban J connectivity index is 2.56. The Bertz CT molecular complexity index is 607. The van der Waals surface area contributed by atoms with Crippen LogP contribution in [0.3, 0.4) is 0 Å². The fourth-order valence-corrected chi connectivity index (χ4v) is 2.06. The summed E-state index contributed by atoms with van der Waals surface area (Å²) >= 11 is 5.96. The highest BCUT2D eigenvalue weighted by Gasteiger charge is 2.15. The molecule has 102 valence electrons. The molecule has 5 nitrogen and oxygen atoms in total. The van der Waals surface area contributed by atoms with Crippen LogP contribution in [-0.2, 0) is 6.54 Å². The lowest BCUT2D eigenvalue weighted by Gasteiger charge is -2.10. The number of anilines is 1. The lowest BCUT2D eigenvalue weighted by molar-refractivity contribution is 0.475. The molecule has 0 saturated heterocycles. The average molecular weight is 281 g/mol. The summed E-state index contributed by atoms with van der Waals surface area (Å²) in [6.45, 7) is 4.65. The fraction of sp³-hybridized carbons (Fsp3) is 0.385. The van der Waals surface area contributed by atoms with E-state index in [-0.39, 0.29) is 5.75 Å². The highest BCUT2D eigenvalue weighted by atomic mass is 35.5. The zero-order chi connectivity index (χ0) is 14.2. The maximum Gasteiger partial charge on any atom is 0.223 e. The van der Waals surface area contributed by atoms with E-state index in [0.29, 0.717) is 10.8 Å². The number of aromatic hydroxyl groups is 1. The van der Waals surface area contributed by atoms with Crippen molar-refractivity contribution in [3.05, 3.63) is 22.7 Å². The molecule has 1 aromatic carbocycles. The summed E-state index contributed by atoms with van der Waals surface area (Å²) in [7, 11) is 3.85. The Kier molecular flexibility index (Phi) is 3.66. The van der Waals surface area contributed by atoms with Crippen LogP contribution >= 0.6 is 11.6 Å². The van der Waals surface area contributed by atoms with Crippen molar-refractivity contribution in [3.8, 4) is 17.1 Å². The molecule has 19 heavy (non-hydrogen) atoms. The normalized spacial score (nSPS) is 10.8. The number of aryl methyl sites for hydroxylation is 2. The molecule has 0 fully saturated rings. The Morgan fingerprint density at radius 1 is 1.37 bits per heavy atom. The molecule has 6 heteroatoms. The van der Waals surface area contributed by atoms with Crippen LogP contribution in [0.4, 0.5) is 5.95 Å². The van der Waals surface area contributed by atoms with Crippen molar-refractivity contribution in [1.29, 1.82) is 0 Å². The highest BCUT2D eigenvalue weighted by molar-refractivity contribution is 6.32. The summed E-state index contributed by atoms with van der Waals surface area (Å²) in [5, 5.41) is 14.4. The minimum Gasteiger partial charge on any atom is -0.506 e. The van der Waals surface area contributed by atoms with Crippen LogP contribution in [0, 0.1) is 6.92 Å². The molecule has 0 aliphatic heterocycles. The molecule has 0 radical (unpaired) electrons. The molecule has 0 aliphatic rings. The van der Waals surface area contributed by atoms with Crippen molar-refractivity contribution < 1.29 is 5.11 Å². The number of hydrogen-bond donors (Lipinski definition) is 1. The van der Waals surface area contributed by atoms with Gasteiger partial charge in [-0.05, 0) is 31.5 Å². The van der Waals surface area contributed by atoms with E-state index in [0.717, 1.165) is 23.6 Å². The van der Waals surface area contributed by atoms with Gasteiger partial charge in [-0.25, -0.2) is 4.68 Å². The van der Waals surface area contributed by atoms with Crippen LogP contribution in [0.25, 0.3) is 11.4 Å². The molecule has 1 N–H and O–H groups in total. The number of phenolic OH excluding ortho intramolecular Hbond substituents is 1. The van der Waals surface area contributed by atoms with E-state index in [2.05, 4.69) is 10.1 Å². The average Bonchev–Trinajstić information content (AvgIpc) is 2.77. The van der Waals surface area contributed by atoms with Gasteiger partial charge in [0.05, 0.1) is 5.02 Å². The standard InChI is InChI=1S/C13H17ClN4O/c1-5-18-13(17(3)4)15-12(16-18)9-7-10(14)11(19)6-8(9)2/h6-7,19H,5H2,1-4H3. The Hall–Kier alpha value is -1.75. The number of halogens is 1. The van der Waals surface area contributed by atoms with E-state index >= 15 is 0 Å². The monoisotopic (exact) mass is 280 g/mol. The quantitative estimate of drug-likeness (QED) is 0.939. The van der Waals surface area contributed by atoms with Crippen molar-refractivity contribution in [1.82, 2.24) is 14.8 Å². The van der Waals surface area contributed by atoms with Gasteiger partial charge >= 0.3 is 0 Å². The second-order valence-electron chi connectivity index (χ2n) is 4.56. The van der Waals surface area contributed by atoms with E-state index in [1.54, 1.807) is 12.1 Å². The van der Waals surface area contributed by atoms with Crippen molar-refractivity contribution in [2.24, 2.45) is 0 Å². The molecule has 1 aromatic heterocycles. The predicted molar refractivity (Wildman–Crippen MR) is 76.9 cm³/mol. The first kappa shape index (κ1) is 13.7. The summed E-state index contributed by atoms with van der Waals surface area (Å²) in [6, 6.07) is 3.32. The molecular weight excluding hydrogens is 264 g/mol. The molecule has 0 spiro atoms. The van der Waals surface area contributed by atoms with Crippen molar-refractivity contribution in [3.63, 3.8) is 0 Å². The molecule has 0 amide bonds. The van der Waals surface area contributed by atoms with Gasteiger partial charge in [0.1, 0.15) is 5.75 Å². The second-order valence-corrected chi connectivity index (χ2v) is 4.97. The number of nitrogens with zero attached hydrogens (tertiary/aromatic N) is 4. The number of aromatic nitrogens is 3. The topological polar surface area (TPSA) is 54.2 Å². The summed E-state index contributed by atoms with van der Waals surface area (Å²) in [6.07, 6.45) is 0. The highest BCUT2D eigenvalue weighted by Crippen LogP contribution is 2.32. The summed E-state index contributed by atoms with van der Waals surface area (Å²) < 4.78 is 1.83. The summed E-state index contributed by atoms with van der Waals surface area (Å²) in [4.78, 5) is 6.43. The third-order valence-corrected chi connectivity index (χ3v) is 3.19. The van der Waals surface area contributed by atoms with Crippen molar-refractivity contribution in [2.45, 2.75) is 20.4 Å². The lowest BCUT2D eigenvalue weighted by Crippen LogP contribution is -2.15. The van der Waals surface area contributed by atoms with Gasteiger partial charge in [0.2, 0.25) is 5.95 Å². The first-order valence-electron chi connectivity index (χ1n) is 6.05. The smallest absolute Gasteiger partial charge is 0.223 e. The molecular formula is C13H17ClN4O. The predicted octanol–water partition coefficient (Wildman–Crippen LogP) is 2.70. The third kappa shape index (κ3) is 2.51. The SMILES string of the molecule is CCn1nc(-c2cc(Cl)c(O)cc2C)nc1N(C)C. The van der Waals surface area contributed by atoms with Gasteiger partial charge in [-0.1, -0.05) is 11.6 Å². The second kappa shape index (κ2) is 5.09. The first-order valence-corrected chi connectivity index (χ1v) is 6.43. The minimum atomic E-state index is 0.0747. The first-order chi connectivity index (χ1) is 8.93. The van der Waals surface area contributed by atoms with Gasteiger partial charge in [0.25, 0.3) is 0 Å². The Morgan fingerprint density at radius 3 is 2.58 bits per heavy atom. The van der Waals surface area contributed by atoms with E-state index in [1.807, 2.05) is 37.5 Å². The third-order valence-electron chi connectivity index (χ3n) is 2.89. The zero-order valence-corrected chi connectivity index (χ0v) is 12.2. The molecule has 1 heterocycles. The van der Waals surface area contributed by atoms with Crippen LogP contribution in [0.5, 0.6) is 5.75 Å². The van der Waals surface area contributed by atoms with Gasteiger partial charge in [-0.15, -0.1) is 5.10 Å². The number of hydrogen-bond acceptors (Lipinski definition) is 4. The number of benzene rings is 1. The Labute approximate surface area is 117 Å². The van der Waals surface area contributed by atoms with E-state index < -0.39 is 0 Å². The molecule has 2 aromatic rings. The van der Waals surface area contributed by atoms with Crippen LogP contribution < -0.4 is 4.90 Å². The van der Waals surface area contributed by atoms with Crippen LogP contribution in [0.1, 0.15) is 12.5 Å². The van der Waals surface area contributed by atoms with Gasteiger partial charge in [0, 0.05) is 26.2 Å². The zero-order valence-electron chi connectivity index (χ0n) is 11.5. The van der Waals surface area contributed by atoms with Gasteiger partial charge in [0.15, 0.2) is 5.82 Å². The Morgan fingerprint density at radius 2 is 2.05 bits per heavy atom. The fourth-order valence-electron chi connectivity index (χ4n) is 1.90. The van der Waals surface area contributed by atoms with Gasteiger partial charge in [-0.2, -0.15) is 4.98 Å². The summed E-state index contributed by atoms with van der Waals surface area (Å²) in [5.74, 6) is 1.48. The van der Waals surface area contributed by atoms with Crippen molar-refractivity contribution >= 4 is 17.5 Å². The van der Waals surface area contributed by atoms with E-state index in [1.165, 1.54) is 0 Å². The summed E-state index contributed by atoms with van der Waals surface area (Å²) in [5.41, 5.74) is 1.72.